The fourth-order valence-electron chi connectivity index (χ4n) is 0.817. The van der Waals surface area contributed by atoms with Gasteiger partial charge in [-0.25, -0.2) is 0 Å². The van der Waals surface area contributed by atoms with E-state index in [2.05, 4.69) is 0 Å². The Labute approximate surface area is 95.9 Å². The molecule has 1 atom stereocenters. The van der Waals surface area contributed by atoms with Crippen LogP contribution in [0.4, 0.5) is 13.2 Å². The molecule has 0 heterocycles. The number of benzene rings is 1. The molecular formula is C8H6F3NaO-. The molecule has 0 aliphatic carbocycles. The molecule has 0 fully saturated rings. The number of hydrogen-bond donors (Lipinski definition) is 0. The Morgan fingerprint density at radius 3 is 1.92 bits per heavy atom. The SMILES string of the molecule is [Na].[O-]C(c1ccccc1)C(F)(F)F. The van der Waals surface area contributed by atoms with Crippen LogP contribution in [0.3, 0.4) is 0 Å². The van der Waals surface area contributed by atoms with Crippen LogP contribution in [0.25, 0.3) is 0 Å². The quantitative estimate of drug-likeness (QED) is 0.623. The van der Waals surface area contributed by atoms with Gasteiger partial charge in [0.1, 0.15) is 0 Å². The Balaban J connectivity index is 0.00000144. The molecule has 1 rings (SSSR count). The summed E-state index contributed by atoms with van der Waals surface area (Å²) in [7, 11) is 0. The summed E-state index contributed by atoms with van der Waals surface area (Å²) in [4.78, 5) is 0. The summed E-state index contributed by atoms with van der Waals surface area (Å²) in [6.45, 7) is 0. The summed E-state index contributed by atoms with van der Waals surface area (Å²) < 4.78 is 35.5. The summed E-state index contributed by atoms with van der Waals surface area (Å²) in [5, 5.41) is 10.6. The maximum atomic E-state index is 11.8. The molecule has 0 N–H and O–H groups in total. The van der Waals surface area contributed by atoms with Gasteiger partial charge in [0.25, 0.3) is 0 Å². The van der Waals surface area contributed by atoms with Gasteiger partial charge >= 0.3 is 6.18 Å². The van der Waals surface area contributed by atoms with Crippen molar-refractivity contribution < 1.29 is 18.3 Å². The largest absolute Gasteiger partial charge is 0.842 e. The van der Waals surface area contributed by atoms with Gasteiger partial charge in [-0.05, 0) is 6.10 Å². The zero-order valence-corrected chi connectivity index (χ0v) is 9.01. The molecule has 67 valence electrons. The standard InChI is InChI=1S/C8H6F3O.Na/c9-8(10,11)7(12)6-4-2-1-3-5-6;/h1-5,7H;/q-1;. The second-order valence-corrected chi connectivity index (χ2v) is 2.33. The predicted octanol–water partition coefficient (Wildman–Crippen LogP) is 1.27. The van der Waals surface area contributed by atoms with Crippen molar-refractivity contribution in [1.82, 2.24) is 0 Å². The minimum Gasteiger partial charge on any atom is -0.842 e. The fourth-order valence-corrected chi connectivity index (χ4v) is 0.817. The molecule has 0 saturated heterocycles. The van der Waals surface area contributed by atoms with Crippen LogP contribution in [-0.4, -0.2) is 35.7 Å². The van der Waals surface area contributed by atoms with Gasteiger partial charge in [-0.15, -0.1) is 0 Å². The van der Waals surface area contributed by atoms with E-state index >= 15 is 0 Å². The first kappa shape index (κ1) is 13.0. The Hall–Kier alpha value is -0.0300. The van der Waals surface area contributed by atoms with E-state index in [-0.39, 0.29) is 35.1 Å². The number of hydrogen-bond acceptors (Lipinski definition) is 1. The molecule has 0 bridgehead atoms. The Kier molecular flexibility index (Phi) is 4.99. The molecule has 13 heavy (non-hydrogen) atoms. The van der Waals surface area contributed by atoms with Gasteiger partial charge in [0.2, 0.25) is 0 Å². The third kappa shape index (κ3) is 3.68. The number of alkyl halides is 3. The van der Waals surface area contributed by atoms with Crippen LogP contribution in [-0.2, 0) is 0 Å². The van der Waals surface area contributed by atoms with Crippen molar-refractivity contribution in [3.05, 3.63) is 35.9 Å². The average molecular weight is 198 g/mol. The van der Waals surface area contributed by atoms with E-state index in [1.165, 1.54) is 24.3 Å². The van der Waals surface area contributed by atoms with Crippen molar-refractivity contribution in [2.75, 3.05) is 0 Å². The van der Waals surface area contributed by atoms with Crippen LogP contribution >= 0.6 is 0 Å². The molecule has 1 radical (unpaired) electrons. The first-order valence-electron chi connectivity index (χ1n) is 3.29. The second-order valence-electron chi connectivity index (χ2n) is 2.33. The molecule has 0 aliphatic heterocycles. The Bertz CT molecular complexity index is 247. The van der Waals surface area contributed by atoms with Gasteiger partial charge in [0.15, 0.2) is 0 Å². The van der Waals surface area contributed by atoms with Crippen molar-refractivity contribution in [1.29, 1.82) is 0 Å². The minimum absolute atomic E-state index is 0. The van der Waals surface area contributed by atoms with Gasteiger partial charge in [-0.3, -0.25) is 0 Å². The van der Waals surface area contributed by atoms with Crippen LogP contribution in [0.2, 0.25) is 0 Å². The van der Waals surface area contributed by atoms with Crippen LogP contribution < -0.4 is 5.11 Å². The molecule has 1 nitrogen and oxygen atoms in total. The zero-order chi connectivity index (χ0) is 9.19. The number of rotatable bonds is 1. The van der Waals surface area contributed by atoms with Crippen molar-refractivity contribution in [3.63, 3.8) is 0 Å². The maximum absolute atomic E-state index is 11.8. The molecule has 0 aliphatic rings. The van der Waals surface area contributed by atoms with Gasteiger partial charge in [0.05, 0.1) is 0 Å². The summed E-state index contributed by atoms with van der Waals surface area (Å²) in [6.07, 6.45) is -7.32. The third-order valence-corrected chi connectivity index (χ3v) is 1.40. The van der Waals surface area contributed by atoms with E-state index < -0.39 is 12.3 Å². The first-order chi connectivity index (χ1) is 5.52. The van der Waals surface area contributed by atoms with E-state index in [4.69, 9.17) is 0 Å². The van der Waals surface area contributed by atoms with Crippen molar-refractivity contribution in [3.8, 4) is 0 Å². The normalized spacial score (nSPS) is 13.2. The van der Waals surface area contributed by atoms with Crippen molar-refractivity contribution >= 4 is 29.6 Å². The first-order valence-corrected chi connectivity index (χ1v) is 3.29. The van der Waals surface area contributed by atoms with Gasteiger partial charge in [-0.1, -0.05) is 35.9 Å². The minimum atomic E-state index is -4.69. The van der Waals surface area contributed by atoms with Gasteiger partial charge in [0, 0.05) is 29.6 Å². The molecule has 5 heteroatoms. The summed E-state index contributed by atoms with van der Waals surface area (Å²) in [6, 6.07) is 6.72. The monoisotopic (exact) mass is 198 g/mol. The van der Waals surface area contributed by atoms with E-state index in [1.54, 1.807) is 6.07 Å². The number of halogens is 3. The van der Waals surface area contributed by atoms with E-state index in [9.17, 15) is 18.3 Å². The maximum Gasteiger partial charge on any atom is 0.381 e. The van der Waals surface area contributed by atoms with E-state index in [1.807, 2.05) is 0 Å². The molecule has 1 aromatic carbocycles. The van der Waals surface area contributed by atoms with Crippen LogP contribution in [0.1, 0.15) is 11.7 Å². The van der Waals surface area contributed by atoms with Crippen LogP contribution in [0.5, 0.6) is 0 Å². The molecule has 1 unspecified atom stereocenters. The van der Waals surface area contributed by atoms with E-state index in [0.29, 0.717) is 0 Å². The van der Waals surface area contributed by atoms with Crippen LogP contribution in [0.15, 0.2) is 30.3 Å². The molecular weight excluding hydrogens is 192 g/mol. The summed E-state index contributed by atoms with van der Waals surface area (Å²) >= 11 is 0. The topological polar surface area (TPSA) is 23.1 Å². The average Bonchev–Trinajstić information content (AvgIpc) is 2.03. The molecule has 0 amide bonds. The van der Waals surface area contributed by atoms with Crippen LogP contribution in [0, 0.1) is 0 Å². The molecule has 0 aromatic heterocycles. The Morgan fingerprint density at radius 2 is 1.54 bits per heavy atom. The zero-order valence-electron chi connectivity index (χ0n) is 7.01. The predicted molar refractivity (Wildman–Crippen MR) is 41.0 cm³/mol. The van der Waals surface area contributed by atoms with Crippen molar-refractivity contribution in [2.45, 2.75) is 12.3 Å². The molecule has 0 spiro atoms. The fraction of sp³-hybridized carbons (Fsp3) is 0.250. The van der Waals surface area contributed by atoms with E-state index in [0.717, 1.165) is 0 Å². The summed E-state index contributed by atoms with van der Waals surface area (Å²) in [5.41, 5.74) is -0.245. The third-order valence-electron chi connectivity index (χ3n) is 1.40. The van der Waals surface area contributed by atoms with Gasteiger partial charge < -0.3 is 5.11 Å². The van der Waals surface area contributed by atoms with Crippen molar-refractivity contribution in [2.24, 2.45) is 0 Å². The summed E-state index contributed by atoms with van der Waals surface area (Å²) in [5.74, 6) is 0. The second kappa shape index (κ2) is 5.00. The molecule has 1 aromatic rings. The molecule has 0 saturated carbocycles. The smallest absolute Gasteiger partial charge is 0.381 e. The Morgan fingerprint density at radius 1 is 1.08 bits per heavy atom. The van der Waals surface area contributed by atoms with Gasteiger partial charge in [-0.2, -0.15) is 13.2 Å².